The maximum absolute atomic E-state index is 14.8. The van der Waals surface area contributed by atoms with Gasteiger partial charge in [0, 0.05) is 42.3 Å². The number of nitrogens with one attached hydrogen (secondary N) is 1. The number of aryl methyl sites for hydroxylation is 2. The van der Waals surface area contributed by atoms with Crippen molar-refractivity contribution in [1.29, 1.82) is 0 Å². The van der Waals surface area contributed by atoms with Crippen molar-refractivity contribution in [3.8, 4) is 11.6 Å². The number of halogens is 1. The number of benzene rings is 2. The monoisotopic (exact) mass is 737 g/mol. The Morgan fingerprint density at radius 2 is 1.96 bits per heavy atom. The number of aliphatic hydroxyl groups is 1. The first-order chi connectivity index (χ1) is 24.4. The van der Waals surface area contributed by atoms with E-state index in [1.165, 1.54) is 29.1 Å². The first-order valence-corrected chi connectivity index (χ1v) is 20.0. The van der Waals surface area contributed by atoms with Gasteiger partial charge in [0.05, 0.1) is 30.8 Å². The summed E-state index contributed by atoms with van der Waals surface area (Å²) in [4.78, 5) is 30.0. The number of methoxy groups -OCH3 is 1. The summed E-state index contributed by atoms with van der Waals surface area (Å²) >= 11 is 6.44. The van der Waals surface area contributed by atoms with Gasteiger partial charge in [-0.15, -0.1) is 9.46 Å². The predicted octanol–water partition coefficient (Wildman–Crippen LogP) is 6.10. The molecule has 1 fully saturated rings. The topological polar surface area (TPSA) is 135 Å². The highest BCUT2D eigenvalue weighted by molar-refractivity contribution is 7.93. The number of rotatable bonds is 3. The summed E-state index contributed by atoms with van der Waals surface area (Å²) in [6, 6.07) is 11.4. The zero-order chi connectivity index (χ0) is 36.1. The average molecular weight is 738 g/mol. The molecule has 2 aliphatic carbocycles. The Balaban J connectivity index is 1.31. The average Bonchev–Trinajstić information content (AvgIpc) is 3.41. The van der Waals surface area contributed by atoms with E-state index in [1.54, 1.807) is 32.2 Å². The van der Waals surface area contributed by atoms with Crippen molar-refractivity contribution < 1.29 is 28.4 Å². The molecule has 51 heavy (non-hydrogen) atoms. The minimum Gasteiger partial charge on any atom is -0.490 e. The third-order valence-corrected chi connectivity index (χ3v) is 14.5. The van der Waals surface area contributed by atoms with Crippen LogP contribution in [0.5, 0.6) is 11.6 Å². The number of carbonyl (C=O) groups is 2. The van der Waals surface area contributed by atoms with Crippen LogP contribution in [0.3, 0.4) is 0 Å². The van der Waals surface area contributed by atoms with Crippen LogP contribution >= 0.6 is 11.6 Å². The molecular formula is C38H48ClN5O6S. The third-order valence-electron chi connectivity index (χ3n) is 11.9. The van der Waals surface area contributed by atoms with Crippen LogP contribution in [0.4, 0.5) is 5.69 Å². The second kappa shape index (κ2) is 14.1. The number of amides is 2. The van der Waals surface area contributed by atoms with Crippen LogP contribution in [-0.4, -0.2) is 69.1 Å². The summed E-state index contributed by atoms with van der Waals surface area (Å²) in [5, 5.41) is 15.7. The van der Waals surface area contributed by atoms with Gasteiger partial charge in [-0.1, -0.05) is 31.0 Å². The van der Waals surface area contributed by atoms with Gasteiger partial charge in [0.15, 0.2) is 0 Å². The van der Waals surface area contributed by atoms with E-state index >= 15 is 0 Å². The highest BCUT2D eigenvalue weighted by Crippen LogP contribution is 2.47. The van der Waals surface area contributed by atoms with E-state index in [0.717, 1.165) is 42.8 Å². The Morgan fingerprint density at radius 3 is 2.73 bits per heavy atom. The van der Waals surface area contributed by atoms with Crippen molar-refractivity contribution in [2.24, 2.45) is 29.2 Å². The Hall–Kier alpha value is -3.61. The van der Waals surface area contributed by atoms with Gasteiger partial charge in [-0.05, 0) is 111 Å². The summed E-state index contributed by atoms with van der Waals surface area (Å²) in [7, 11) is -0.609. The molecule has 1 aromatic heterocycles. The minimum absolute atomic E-state index is 0.0776. The quantitative estimate of drug-likeness (QED) is 0.329. The lowest BCUT2D eigenvalue weighted by atomic mass is 9.68. The van der Waals surface area contributed by atoms with Gasteiger partial charge in [0.25, 0.3) is 11.8 Å². The number of aromatic nitrogens is 2. The fraction of sp³-hybridized carbons (Fsp3) is 0.553. The zero-order valence-corrected chi connectivity index (χ0v) is 31.3. The molecule has 2 N–H and O–H groups in total. The van der Waals surface area contributed by atoms with E-state index < -0.39 is 33.1 Å². The zero-order valence-electron chi connectivity index (χ0n) is 29.8. The number of carbonyl (C=O) groups excluding carboxylic acids is 2. The lowest BCUT2D eigenvalue weighted by Gasteiger charge is -2.45. The molecule has 7 atom stereocenters. The number of hydrogen-bond donors (Lipinski definition) is 2. The highest BCUT2D eigenvalue weighted by atomic mass is 35.5. The molecule has 2 bridgehead atoms. The minimum atomic E-state index is -3.66. The second-order valence-corrected chi connectivity index (χ2v) is 17.8. The number of fused-ring (bicyclic) bond motifs is 4. The third kappa shape index (κ3) is 6.87. The fourth-order valence-corrected chi connectivity index (χ4v) is 10.7. The number of hydrogen-bond acceptors (Lipinski definition) is 8. The normalized spacial score (nSPS) is 30.9. The standard InChI is InChI=1S/C38H48ClN5O6S/c1-23-7-5-9-33(45)29-13-10-27(29)19-44-21-38(16-6-8-25-17-28(39)12-14-31(25)38)22-50-34-15-11-26(18-32(34)44)35(46)41-51(48,24(23)2)42-36(47)30-20-43(3)40-37(30)49-4/h11-12,14-15,17-18,20,23-24,27,29,33,45H,5-10,13,16,19,21-22H2,1-4H3,(H,41,42,46,47,48)/t23-,24+,27-,29+,33-,38-,51?/m0/s1. The number of aliphatic hydroxyl groups excluding tert-OH is 1. The molecule has 3 aromatic rings. The summed E-state index contributed by atoms with van der Waals surface area (Å²) < 4.78 is 35.1. The van der Waals surface area contributed by atoms with Gasteiger partial charge in [-0.3, -0.25) is 19.0 Å². The van der Waals surface area contributed by atoms with Gasteiger partial charge in [0.2, 0.25) is 5.88 Å². The Labute approximate surface area is 305 Å². The van der Waals surface area contributed by atoms with Crippen LogP contribution in [0.2, 0.25) is 5.02 Å². The molecular weight excluding hydrogens is 690 g/mol. The van der Waals surface area contributed by atoms with Crippen LogP contribution in [-0.2, 0) is 28.8 Å². The van der Waals surface area contributed by atoms with Crippen LogP contribution in [0.1, 0.15) is 90.6 Å². The van der Waals surface area contributed by atoms with Crippen molar-refractivity contribution in [1.82, 2.24) is 14.5 Å². The van der Waals surface area contributed by atoms with Gasteiger partial charge >= 0.3 is 0 Å². The van der Waals surface area contributed by atoms with Gasteiger partial charge in [0.1, 0.15) is 21.2 Å². The maximum Gasteiger partial charge on any atom is 0.286 e. The van der Waals surface area contributed by atoms with Crippen molar-refractivity contribution in [3.05, 3.63) is 69.9 Å². The lowest BCUT2D eigenvalue weighted by Crippen LogP contribution is -2.49. The Kier molecular flexibility index (Phi) is 9.88. The molecule has 2 aromatic carbocycles. The van der Waals surface area contributed by atoms with Gasteiger partial charge in [-0.25, -0.2) is 4.21 Å². The summed E-state index contributed by atoms with van der Waals surface area (Å²) in [5.74, 6) is -0.339. The molecule has 13 heteroatoms. The number of nitrogens with zero attached hydrogens (tertiary/aromatic N) is 4. The smallest absolute Gasteiger partial charge is 0.286 e. The fourth-order valence-electron chi connectivity index (χ4n) is 8.61. The molecule has 2 amide bonds. The largest absolute Gasteiger partial charge is 0.490 e. The predicted molar refractivity (Wildman–Crippen MR) is 197 cm³/mol. The summed E-state index contributed by atoms with van der Waals surface area (Å²) in [6.07, 6.45) is 7.93. The molecule has 0 radical (unpaired) electrons. The van der Waals surface area contributed by atoms with Crippen LogP contribution in [0.15, 0.2) is 47.0 Å². The van der Waals surface area contributed by atoms with Crippen molar-refractivity contribution in [2.45, 2.75) is 82.0 Å². The molecule has 0 saturated heterocycles. The molecule has 274 valence electrons. The molecule has 1 unspecified atom stereocenters. The second-order valence-electron chi connectivity index (χ2n) is 15.1. The van der Waals surface area contributed by atoms with Crippen molar-refractivity contribution in [3.63, 3.8) is 0 Å². The molecule has 2 aliphatic heterocycles. The Morgan fingerprint density at radius 1 is 1.14 bits per heavy atom. The highest BCUT2D eigenvalue weighted by Gasteiger charge is 2.44. The number of anilines is 1. The molecule has 1 saturated carbocycles. The maximum atomic E-state index is 14.8. The first-order valence-electron chi connectivity index (χ1n) is 18.1. The number of ether oxygens (including phenoxy) is 2. The molecule has 3 heterocycles. The summed E-state index contributed by atoms with van der Waals surface area (Å²) in [5.41, 5.74) is 3.33. The van der Waals surface area contributed by atoms with Gasteiger partial charge in [-0.2, -0.15) is 0 Å². The molecule has 1 spiro atoms. The molecule has 7 rings (SSSR count). The summed E-state index contributed by atoms with van der Waals surface area (Å²) in [6.45, 7) is 5.58. The Bertz CT molecular complexity index is 1960. The molecule has 4 aliphatic rings. The van der Waals surface area contributed by atoms with Crippen molar-refractivity contribution in [2.75, 3.05) is 31.7 Å². The van der Waals surface area contributed by atoms with Crippen LogP contribution < -0.4 is 19.1 Å². The van der Waals surface area contributed by atoms with E-state index in [4.69, 9.17) is 21.1 Å². The van der Waals surface area contributed by atoms with E-state index in [0.29, 0.717) is 50.6 Å². The van der Waals surface area contributed by atoms with E-state index in [1.807, 2.05) is 13.0 Å². The SMILES string of the molecule is COc1nn(C)cc1C(=O)NS1(=O)=NC(=O)c2ccc3c(c2)N(C[C@@H]2CC[C@H]2[C@@H](O)CCC[C@H](C)[C@H]1C)C[C@@]1(CCCc2cc(Cl)ccc21)CO3. The van der Waals surface area contributed by atoms with Crippen LogP contribution in [0, 0.1) is 17.8 Å². The first kappa shape index (κ1) is 35.8. The van der Waals surface area contributed by atoms with E-state index in [2.05, 4.69) is 31.2 Å². The van der Waals surface area contributed by atoms with Crippen LogP contribution in [0.25, 0.3) is 0 Å². The van der Waals surface area contributed by atoms with Crippen molar-refractivity contribution >= 4 is 39.0 Å². The van der Waals surface area contributed by atoms with E-state index in [9.17, 15) is 18.9 Å². The lowest BCUT2D eigenvalue weighted by molar-refractivity contribution is 0.00857. The molecule has 11 nitrogen and oxygen atoms in total. The van der Waals surface area contributed by atoms with E-state index in [-0.39, 0.29) is 34.3 Å². The van der Waals surface area contributed by atoms with Gasteiger partial charge < -0.3 is 19.5 Å².